The molecular weight excluding hydrogens is 318 g/mol. The number of anilines is 2. The largest absolute Gasteiger partial charge is 0.373 e. The lowest BCUT2D eigenvalue weighted by molar-refractivity contribution is -0.115. The van der Waals surface area contributed by atoms with Crippen LogP contribution in [0.2, 0.25) is 0 Å². The van der Waals surface area contributed by atoms with E-state index >= 15 is 0 Å². The van der Waals surface area contributed by atoms with Crippen LogP contribution < -0.4 is 10.6 Å². The highest BCUT2D eigenvalue weighted by Crippen LogP contribution is 2.17. The van der Waals surface area contributed by atoms with Gasteiger partial charge in [0.2, 0.25) is 5.91 Å². The summed E-state index contributed by atoms with van der Waals surface area (Å²) in [5, 5.41) is 5.78. The van der Waals surface area contributed by atoms with Crippen LogP contribution in [0.5, 0.6) is 0 Å². The Bertz CT molecular complexity index is 611. The minimum absolute atomic E-state index is 0.0507. The second-order valence-electron chi connectivity index (χ2n) is 4.48. The normalized spacial score (nSPS) is 10.2. The first-order chi connectivity index (χ1) is 9.58. The van der Waals surface area contributed by atoms with Gasteiger partial charge in [-0.05, 0) is 42.3 Å². The van der Waals surface area contributed by atoms with Gasteiger partial charge in [0.15, 0.2) is 0 Å². The van der Waals surface area contributed by atoms with Crippen LogP contribution in [0.4, 0.5) is 11.5 Å². The summed E-state index contributed by atoms with van der Waals surface area (Å²) in [6.07, 6.45) is 1.98. The maximum Gasteiger partial charge on any atom is 0.228 e. The molecule has 2 N–H and O–H groups in total. The Hall–Kier alpha value is -1.88. The number of amides is 1. The zero-order chi connectivity index (χ0) is 14.5. The number of pyridine rings is 1. The number of rotatable bonds is 4. The summed E-state index contributed by atoms with van der Waals surface area (Å²) in [5.41, 5.74) is 2.81. The molecule has 1 aromatic carbocycles. The van der Waals surface area contributed by atoms with Crippen molar-refractivity contribution in [2.24, 2.45) is 0 Å². The van der Waals surface area contributed by atoms with Crippen LogP contribution in [0, 0.1) is 6.92 Å². The lowest BCUT2D eigenvalue weighted by Gasteiger charge is -2.08. The van der Waals surface area contributed by atoms with E-state index < -0.39 is 0 Å². The average molecular weight is 334 g/mol. The Morgan fingerprint density at radius 2 is 2.10 bits per heavy atom. The molecule has 0 aliphatic carbocycles. The molecule has 1 amide bonds. The quantitative estimate of drug-likeness (QED) is 0.901. The van der Waals surface area contributed by atoms with Crippen molar-refractivity contribution in [3.05, 3.63) is 52.1 Å². The van der Waals surface area contributed by atoms with E-state index in [0.717, 1.165) is 21.4 Å². The summed E-state index contributed by atoms with van der Waals surface area (Å²) in [7, 11) is 1.80. The molecule has 0 aliphatic rings. The Balaban J connectivity index is 2.03. The number of nitrogens with one attached hydrogen (secondary N) is 2. The third-order valence-corrected chi connectivity index (χ3v) is 3.46. The van der Waals surface area contributed by atoms with E-state index in [4.69, 9.17) is 0 Å². The van der Waals surface area contributed by atoms with Crippen LogP contribution in [-0.4, -0.2) is 17.9 Å². The summed E-state index contributed by atoms with van der Waals surface area (Å²) in [6, 6.07) is 9.58. The fourth-order valence-corrected chi connectivity index (χ4v) is 2.23. The Labute approximate surface area is 126 Å². The summed E-state index contributed by atoms with van der Waals surface area (Å²) in [4.78, 5) is 16.2. The van der Waals surface area contributed by atoms with Crippen molar-refractivity contribution < 1.29 is 4.79 Å². The minimum atomic E-state index is -0.0507. The van der Waals surface area contributed by atoms with E-state index in [2.05, 4.69) is 31.5 Å². The van der Waals surface area contributed by atoms with E-state index in [1.807, 2.05) is 37.3 Å². The average Bonchev–Trinajstić information content (AvgIpc) is 2.43. The molecule has 0 spiro atoms. The Kier molecular flexibility index (Phi) is 4.74. The van der Waals surface area contributed by atoms with Crippen molar-refractivity contribution in [3.8, 4) is 0 Å². The molecule has 1 aromatic heterocycles. The summed E-state index contributed by atoms with van der Waals surface area (Å²) < 4.78 is 0.978. The highest BCUT2D eigenvalue weighted by atomic mass is 79.9. The van der Waals surface area contributed by atoms with Gasteiger partial charge in [0.25, 0.3) is 0 Å². The van der Waals surface area contributed by atoms with Crippen molar-refractivity contribution in [3.63, 3.8) is 0 Å². The van der Waals surface area contributed by atoms with Gasteiger partial charge < -0.3 is 10.6 Å². The summed E-state index contributed by atoms with van der Waals surface area (Å²) >= 11 is 3.42. The molecule has 0 saturated carbocycles. The first kappa shape index (κ1) is 14.5. The maximum absolute atomic E-state index is 12.0. The van der Waals surface area contributed by atoms with Crippen molar-refractivity contribution in [2.75, 3.05) is 17.7 Å². The number of aryl methyl sites for hydroxylation is 1. The van der Waals surface area contributed by atoms with E-state index in [1.165, 1.54) is 0 Å². The van der Waals surface area contributed by atoms with E-state index in [-0.39, 0.29) is 5.91 Å². The molecule has 1 heterocycles. The first-order valence-corrected chi connectivity index (χ1v) is 7.06. The molecule has 5 heteroatoms. The van der Waals surface area contributed by atoms with Crippen LogP contribution in [0.3, 0.4) is 0 Å². The molecule has 0 fully saturated rings. The number of aromatic nitrogens is 1. The Morgan fingerprint density at radius 1 is 1.30 bits per heavy atom. The first-order valence-electron chi connectivity index (χ1n) is 6.27. The van der Waals surface area contributed by atoms with E-state index in [9.17, 15) is 4.79 Å². The highest BCUT2D eigenvalue weighted by Gasteiger charge is 2.07. The smallest absolute Gasteiger partial charge is 0.228 e. The molecular formula is C15H16BrN3O. The second kappa shape index (κ2) is 6.52. The topological polar surface area (TPSA) is 54.0 Å². The molecule has 0 bridgehead atoms. The molecule has 104 valence electrons. The number of hydrogen-bond donors (Lipinski definition) is 2. The van der Waals surface area contributed by atoms with E-state index in [0.29, 0.717) is 12.1 Å². The molecule has 4 nitrogen and oxygen atoms in total. The van der Waals surface area contributed by atoms with Crippen LogP contribution in [0.25, 0.3) is 0 Å². The van der Waals surface area contributed by atoms with Gasteiger partial charge in [0.1, 0.15) is 5.82 Å². The maximum atomic E-state index is 12.0. The molecule has 20 heavy (non-hydrogen) atoms. The molecule has 2 aromatic rings. The van der Waals surface area contributed by atoms with Gasteiger partial charge in [0, 0.05) is 11.5 Å². The van der Waals surface area contributed by atoms with Gasteiger partial charge in [-0.1, -0.05) is 22.0 Å². The summed E-state index contributed by atoms with van der Waals surface area (Å²) in [6.45, 7) is 2.00. The zero-order valence-electron chi connectivity index (χ0n) is 11.4. The van der Waals surface area contributed by atoms with Gasteiger partial charge >= 0.3 is 0 Å². The molecule has 0 saturated heterocycles. The van der Waals surface area contributed by atoms with Crippen molar-refractivity contribution in [2.45, 2.75) is 13.3 Å². The SMILES string of the molecule is CNc1ccc(NC(=O)Cc2cc(Br)ccc2C)cn1. The minimum Gasteiger partial charge on any atom is -0.373 e. The molecule has 0 radical (unpaired) electrons. The lowest BCUT2D eigenvalue weighted by atomic mass is 10.1. The Morgan fingerprint density at radius 3 is 2.75 bits per heavy atom. The lowest BCUT2D eigenvalue weighted by Crippen LogP contribution is -2.15. The van der Waals surface area contributed by atoms with Gasteiger partial charge in [0.05, 0.1) is 18.3 Å². The number of nitrogens with zero attached hydrogens (tertiary/aromatic N) is 1. The van der Waals surface area contributed by atoms with Crippen LogP contribution in [0.1, 0.15) is 11.1 Å². The molecule has 0 atom stereocenters. The fourth-order valence-electron chi connectivity index (χ4n) is 1.82. The predicted molar refractivity (Wildman–Crippen MR) is 85.0 cm³/mol. The number of hydrogen-bond acceptors (Lipinski definition) is 3. The number of benzene rings is 1. The number of carbonyl (C=O) groups excluding carboxylic acids is 1. The fraction of sp³-hybridized carbons (Fsp3) is 0.200. The predicted octanol–water partition coefficient (Wildman–Crippen LogP) is 3.38. The monoisotopic (exact) mass is 333 g/mol. The van der Waals surface area contributed by atoms with Crippen molar-refractivity contribution in [1.82, 2.24) is 4.98 Å². The van der Waals surface area contributed by atoms with Crippen molar-refractivity contribution >= 4 is 33.3 Å². The van der Waals surface area contributed by atoms with Crippen molar-refractivity contribution in [1.29, 1.82) is 0 Å². The van der Waals surface area contributed by atoms with Gasteiger partial charge in [-0.3, -0.25) is 4.79 Å². The highest BCUT2D eigenvalue weighted by molar-refractivity contribution is 9.10. The molecule has 0 unspecified atom stereocenters. The molecule has 0 aliphatic heterocycles. The van der Waals surface area contributed by atoms with Crippen LogP contribution in [-0.2, 0) is 11.2 Å². The second-order valence-corrected chi connectivity index (χ2v) is 5.39. The van der Waals surface area contributed by atoms with Gasteiger partial charge in [-0.25, -0.2) is 4.98 Å². The van der Waals surface area contributed by atoms with Crippen LogP contribution in [0.15, 0.2) is 41.0 Å². The number of carbonyl (C=O) groups is 1. The van der Waals surface area contributed by atoms with Gasteiger partial charge in [-0.15, -0.1) is 0 Å². The van der Waals surface area contributed by atoms with E-state index in [1.54, 1.807) is 13.2 Å². The zero-order valence-corrected chi connectivity index (χ0v) is 13.0. The van der Waals surface area contributed by atoms with Gasteiger partial charge in [-0.2, -0.15) is 0 Å². The molecule has 2 rings (SSSR count). The van der Waals surface area contributed by atoms with Crippen LogP contribution >= 0.6 is 15.9 Å². The number of halogens is 1. The third-order valence-electron chi connectivity index (χ3n) is 2.97. The third kappa shape index (κ3) is 3.81. The summed E-state index contributed by atoms with van der Waals surface area (Å²) in [5.74, 6) is 0.719. The standard InChI is InChI=1S/C15H16BrN3O/c1-10-3-4-12(16)7-11(10)8-15(20)19-13-5-6-14(17-2)18-9-13/h3-7,9H,8H2,1-2H3,(H,17,18)(H,19,20).